The van der Waals surface area contributed by atoms with Gasteiger partial charge in [0.1, 0.15) is 11.2 Å². The largest absolute Gasteiger partial charge is 0.293 e. The zero-order valence-corrected chi connectivity index (χ0v) is 12.1. The molecule has 1 aromatic heterocycles. The lowest BCUT2D eigenvalue weighted by Gasteiger charge is -2.05. The number of carbonyl (C=O) groups is 1. The highest BCUT2D eigenvalue weighted by Crippen LogP contribution is 2.10. The summed E-state index contributed by atoms with van der Waals surface area (Å²) in [4.78, 5) is 11.8. The molecule has 3 aromatic rings. The predicted octanol–water partition coefficient (Wildman–Crippen LogP) is 2.49. The summed E-state index contributed by atoms with van der Waals surface area (Å²) in [6, 6.07) is 17.1. The number of benzene rings is 2. The number of Topliss-reactive ketones (excluding diaryl/α,β-unsaturated/α-hetero) is 1. The standard InChI is InChI=1S/C16H15N5O/c1-12(22)15(18-17-13-7-3-2-4-8-13)11-21-16-10-6-5-9-14(16)19-20-21/h2-10,17H,11H2,1H3/b18-15+. The number of hydrazone groups is 1. The molecule has 0 aliphatic rings. The van der Waals surface area contributed by atoms with E-state index in [0.29, 0.717) is 5.71 Å². The summed E-state index contributed by atoms with van der Waals surface area (Å²) in [5.41, 5.74) is 5.77. The van der Waals surface area contributed by atoms with E-state index >= 15 is 0 Å². The Hall–Kier alpha value is -3.02. The van der Waals surface area contributed by atoms with Crippen LogP contribution in [0.5, 0.6) is 0 Å². The Morgan fingerprint density at radius 1 is 1.14 bits per heavy atom. The predicted molar refractivity (Wildman–Crippen MR) is 85.7 cm³/mol. The molecule has 6 nitrogen and oxygen atoms in total. The van der Waals surface area contributed by atoms with Gasteiger partial charge in [0.25, 0.3) is 0 Å². The smallest absolute Gasteiger partial charge is 0.177 e. The van der Waals surface area contributed by atoms with Gasteiger partial charge in [-0.05, 0) is 24.3 Å². The Morgan fingerprint density at radius 2 is 1.86 bits per heavy atom. The summed E-state index contributed by atoms with van der Waals surface area (Å²) in [5.74, 6) is -0.108. The third-order valence-corrected chi connectivity index (χ3v) is 3.22. The molecule has 0 aliphatic heterocycles. The van der Waals surface area contributed by atoms with Crippen molar-refractivity contribution in [1.29, 1.82) is 0 Å². The fourth-order valence-corrected chi connectivity index (χ4v) is 2.05. The van der Waals surface area contributed by atoms with Gasteiger partial charge in [-0.3, -0.25) is 10.2 Å². The Bertz CT molecular complexity index is 823. The van der Waals surface area contributed by atoms with Gasteiger partial charge in [0, 0.05) is 6.92 Å². The number of fused-ring (bicyclic) bond motifs is 1. The number of rotatable bonds is 5. The fraction of sp³-hybridized carbons (Fsp3) is 0.125. The van der Waals surface area contributed by atoms with Crippen molar-refractivity contribution in [3.63, 3.8) is 0 Å². The number of hydrogen-bond donors (Lipinski definition) is 1. The molecule has 0 unspecified atom stereocenters. The van der Waals surface area contributed by atoms with Crippen LogP contribution in [0.2, 0.25) is 0 Å². The molecule has 2 aromatic carbocycles. The van der Waals surface area contributed by atoms with E-state index in [2.05, 4.69) is 20.8 Å². The van der Waals surface area contributed by atoms with Crippen LogP contribution < -0.4 is 5.43 Å². The van der Waals surface area contributed by atoms with Gasteiger partial charge < -0.3 is 0 Å². The molecule has 3 rings (SSSR count). The minimum Gasteiger partial charge on any atom is -0.293 e. The van der Waals surface area contributed by atoms with Crippen molar-refractivity contribution >= 4 is 28.2 Å². The summed E-state index contributed by atoms with van der Waals surface area (Å²) in [7, 11) is 0. The van der Waals surface area contributed by atoms with E-state index in [9.17, 15) is 4.79 Å². The van der Waals surface area contributed by atoms with Gasteiger partial charge >= 0.3 is 0 Å². The molecule has 6 heteroatoms. The average Bonchev–Trinajstić information content (AvgIpc) is 2.95. The highest BCUT2D eigenvalue weighted by Gasteiger charge is 2.11. The molecule has 0 aliphatic carbocycles. The Morgan fingerprint density at radius 3 is 2.64 bits per heavy atom. The maximum Gasteiger partial charge on any atom is 0.177 e. The maximum atomic E-state index is 11.8. The van der Waals surface area contributed by atoms with Crippen LogP contribution in [0.3, 0.4) is 0 Å². The van der Waals surface area contributed by atoms with Crippen LogP contribution >= 0.6 is 0 Å². The number of nitrogens with one attached hydrogen (secondary N) is 1. The van der Waals surface area contributed by atoms with Crippen LogP contribution in [0.1, 0.15) is 6.92 Å². The van der Waals surface area contributed by atoms with Crippen molar-refractivity contribution < 1.29 is 4.79 Å². The minimum absolute atomic E-state index is 0.108. The van der Waals surface area contributed by atoms with E-state index in [1.54, 1.807) is 4.68 Å². The van der Waals surface area contributed by atoms with Gasteiger partial charge in [0.2, 0.25) is 0 Å². The second kappa shape index (κ2) is 6.17. The van der Waals surface area contributed by atoms with E-state index in [1.807, 2.05) is 54.6 Å². The van der Waals surface area contributed by atoms with Crippen molar-refractivity contribution in [2.75, 3.05) is 5.43 Å². The van der Waals surface area contributed by atoms with Gasteiger partial charge in [-0.1, -0.05) is 35.5 Å². The highest BCUT2D eigenvalue weighted by molar-refractivity contribution is 6.39. The van der Waals surface area contributed by atoms with Crippen LogP contribution in [0.15, 0.2) is 59.7 Å². The van der Waals surface area contributed by atoms with Crippen molar-refractivity contribution in [2.45, 2.75) is 13.5 Å². The Kier molecular flexibility index (Phi) is 3.91. The highest BCUT2D eigenvalue weighted by atomic mass is 16.1. The number of carbonyl (C=O) groups excluding carboxylic acids is 1. The lowest BCUT2D eigenvalue weighted by Crippen LogP contribution is -2.20. The molecule has 0 bridgehead atoms. The molecule has 0 atom stereocenters. The normalized spacial score (nSPS) is 11.6. The molecule has 1 heterocycles. The SMILES string of the molecule is CC(=O)/C(Cn1nnc2ccccc21)=N/Nc1ccccc1. The second-order valence-corrected chi connectivity index (χ2v) is 4.83. The first kappa shape index (κ1) is 13.9. The molecule has 0 fully saturated rings. The number of hydrogen-bond acceptors (Lipinski definition) is 5. The molecule has 0 spiro atoms. The van der Waals surface area contributed by atoms with Crippen molar-refractivity contribution in [3.8, 4) is 0 Å². The van der Waals surface area contributed by atoms with Gasteiger partial charge in [0.05, 0.1) is 17.7 Å². The first-order valence-corrected chi connectivity index (χ1v) is 6.91. The van der Waals surface area contributed by atoms with E-state index in [4.69, 9.17) is 0 Å². The Balaban J connectivity index is 1.84. The fourth-order valence-electron chi connectivity index (χ4n) is 2.05. The number of nitrogens with zero attached hydrogens (tertiary/aromatic N) is 4. The summed E-state index contributed by atoms with van der Waals surface area (Å²) in [6.45, 7) is 1.76. The topological polar surface area (TPSA) is 72.2 Å². The molecule has 0 saturated heterocycles. The van der Waals surface area contributed by atoms with Crippen molar-refractivity contribution in [3.05, 3.63) is 54.6 Å². The molecule has 0 amide bonds. The first-order valence-electron chi connectivity index (χ1n) is 6.91. The summed E-state index contributed by atoms with van der Waals surface area (Å²) < 4.78 is 1.67. The van der Waals surface area contributed by atoms with Crippen molar-refractivity contribution in [2.24, 2.45) is 5.10 Å². The van der Waals surface area contributed by atoms with Crippen LogP contribution in [0.25, 0.3) is 11.0 Å². The zero-order valence-electron chi connectivity index (χ0n) is 12.1. The van der Waals surface area contributed by atoms with E-state index in [0.717, 1.165) is 16.7 Å². The van der Waals surface area contributed by atoms with Crippen LogP contribution in [0, 0.1) is 0 Å². The van der Waals surface area contributed by atoms with Gasteiger partial charge in [-0.15, -0.1) is 5.10 Å². The number of para-hydroxylation sites is 2. The van der Waals surface area contributed by atoms with Crippen LogP contribution in [-0.2, 0) is 11.3 Å². The molecule has 22 heavy (non-hydrogen) atoms. The molecular formula is C16H15N5O. The molecule has 0 saturated carbocycles. The number of ketones is 1. The van der Waals surface area contributed by atoms with E-state index in [-0.39, 0.29) is 12.3 Å². The van der Waals surface area contributed by atoms with E-state index in [1.165, 1.54) is 6.92 Å². The summed E-state index contributed by atoms with van der Waals surface area (Å²) >= 11 is 0. The minimum atomic E-state index is -0.108. The van der Waals surface area contributed by atoms with Gasteiger partial charge in [-0.2, -0.15) is 5.10 Å². The first-order chi connectivity index (χ1) is 10.7. The lowest BCUT2D eigenvalue weighted by molar-refractivity contribution is -0.111. The van der Waals surface area contributed by atoms with Crippen LogP contribution in [0.4, 0.5) is 5.69 Å². The van der Waals surface area contributed by atoms with Crippen LogP contribution in [-0.4, -0.2) is 26.5 Å². The number of anilines is 1. The second-order valence-electron chi connectivity index (χ2n) is 4.83. The monoisotopic (exact) mass is 293 g/mol. The average molecular weight is 293 g/mol. The molecular weight excluding hydrogens is 278 g/mol. The van der Waals surface area contributed by atoms with Crippen molar-refractivity contribution in [1.82, 2.24) is 15.0 Å². The summed E-state index contributed by atoms with van der Waals surface area (Å²) in [5, 5.41) is 12.4. The quantitative estimate of drug-likeness (QED) is 0.579. The lowest BCUT2D eigenvalue weighted by atomic mass is 10.2. The van der Waals surface area contributed by atoms with Gasteiger partial charge in [-0.25, -0.2) is 4.68 Å². The molecule has 110 valence electrons. The molecule has 1 N–H and O–H groups in total. The Labute approximate surface area is 127 Å². The summed E-state index contributed by atoms with van der Waals surface area (Å²) in [6.07, 6.45) is 0. The van der Waals surface area contributed by atoms with E-state index < -0.39 is 0 Å². The molecule has 0 radical (unpaired) electrons. The third kappa shape index (κ3) is 3.01. The third-order valence-electron chi connectivity index (χ3n) is 3.22. The van der Waals surface area contributed by atoms with Gasteiger partial charge in [0.15, 0.2) is 5.78 Å². The number of aromatic nitrogens is 3. The zero-order chi connectivity index (χ0) is 15.4. The maximum absolute atomic E-state index is 11.8.